The van der Waals surface area contributed by atoms with Gasteiger partial charge in [-0.15, -0.1) is 11.3 Å². The van der Waals surface area contributed by atoms with Crippen molar-refractivity contribution in [3.63, 3.8) is 0 Å². The van der Waals surface area contributed by atoms with Gasteiger partial charge in [0.2, 0.25) is 15.9 Å². The third kappa shape index (κ3) is 8.40. The molecule has 0 bridgehead atoms. The van der Waals surface area contributed by atoms with E-state index in [1.807, 2.05) is 6.92 Å². The number of fused-ring (bicyclic) bond motifs is 2. The molecule has 0 unspecified atom stereocenters. The zero-order valence-corrected chi connectivity index (χ0v) is 32.3. The second-order valence-electron chi connectivity index (χ2n) is 14.3. The molecule has 4 aromatic rings. The van der Waals surface area contributed by atoms with Crippen LogP contribution in [0.3, 0.4) is 0 Å². The van der Waals surface area contributed by atoms with Crippen LogP contribution in [-0.4, -0.2) is 113 Å². The van der Waals surface area contributed by atoms with Crippen LogP contribution in [-0.2, 0) is 40.7 Å². The molecule has 0 spiro atoms. The first-order chi connectivity index (χ1) is 24.5. The topological polar surface area (TPSA) is 116 Å². The summed E-state index contributed by atoms with van der Waals surface area (Å²) < 4.78 is 67.7. The van der Waals surface area contributed by atoms with Gasteiger partial charge >= 0.3 is 6.18 Å². The molecule has 0 radical (unpaired) electrons. The first kappa shape index (κ1) is 38.4. The van der Waals surface area contributed by atoms with Crippen molar-refractivity contribution < 1.29 is 26.4 Å². The fourth-order valence-corrected chi connectivity index (χ4v) is 9.77. The van der Waals surface area contributed by atoms with Gasteiger partial charge in [0.1, 0.15) is 22.5 Å². The number of halogens is 3. The van der Waals surface area contributed by atoms with E-state index in [0.717, 1.165) is 61.3 Å². The van der Waals surface area contributed by atoms with Crippen molar-refractivity contribution >= 4 is 54.2 Å². The number of aromatic nitrogens is 3. The van der Waals surface area contributed by atoms with Gasteiger partial charge in [0.05, 0.1) is 18.1 Å². The Morgan fingerprint density at radius 2 is 1.81 bits per heavy atom. The Labute approximate surface area is 307 Å². The molecule has 1 amide bonds. The Hall–Kier alpha value is -3.31. The molecular weight excluding hydrogens is 714 g/mol. The molecule has 3 aromatic heterocycles. The largest absolute Gasteiger partial charge is 0.393 e. The fraction of sp³-hybridized carbons (Fsp3) is 0.583. The maximum atomic E-state index is 13.1. The van der Waals surface area contributed by atoms with Gasteiger partial charge in [-0.1, -0.05) is 13.0 Å². The molecule has 16 heteroatoms. The number of nitrogens with one attached hydrogen (secondary N) is 2. The lowest BCUT2D eigenvalue weighted by molar-refractivity contribution is -0.127. The van der Waals surface area contributed by atoms with Crippen molar-refractivity contribution in [1.29, 1.82) is 0 Å². The highest BCUT2D eigenvalue weighted by atomic mass is 32.2. The number of sulfonamides is 1. The molecule has 2 atom stereocenters. The van der Waals surface area contributed by atoms with Gasteiger partial charge in [-0.25, -0.2) is 18.4 Å². The lowest BCUT2D eigenvalue weighted by atomic mass is 10.0. The number of benzene rings is 1. The summed E-state index contributed by atoms with van der Waals surface area (Å²) in [4.78, 5) is 27.3. The maximum absolute atomic E-state index is 13.1. The molecule has 52 heavy (non-hydrogen) atoms. The molecule has 2 aliphatic heterocycles. The first-order valence-electron chi connectivity index (χ1n) is 17.9. The standard InChI is InChI=1S/C36H49F3N8O3S2/c1-7-32-42-33(29-17-27(18-36(37,38)39)51-35(29)43-32)41-26-10-12-44(13-11-26)20-25-8-9-30-28(24(25)4)16-22(2)46(30)19-23(3)45-14-15-47(52(6,49)50)31(21-45)34(48)40-5/h8-9,16-17,23,26,31H,7,10-15,18-21H2,1-6H3,(H,40,48)(H,41,42,43)/t23-,31-/m0/s1. The van der Waals surface area contributed by atoms with Crippen molar-refractivity contribution in [3.05, 3.63) is 51.8 Å². The van der Waals surface area contributed by atoms with E-state index in [0.29, 0.717) is 47.9 Å². The SMILES string of the molecule is CCc1nc(NC2CCN(Cc3ccc4c(cc(C)n4C[C@H](C)N4CCN(S(C)(=O)=O)[C@H](C(=O)NC)C4)c3C)CC2)c2cc(CC(F)(F)F)sc2n1. The Morgan fingerprint density at radius 3 is 2.46 bits per heavy atom. The highest BCUT2D eigenvalue weighted by Gasteiger charge is 2.38. The van der Waals surface area contributed by atoms with E-state index in [9.17, 15) is 26.4 Å². The molecule has 5 heterocycles. The van der Waals surface area contributed by atoms with Gasteiger partial charge in [-0.05, 0) is 62.9 Å². The molecule has 2 N–H and O–H groups in total. The number of likely N-dealkylation sites (tertiary alicyclic amines) is 1. The van der Waals surface area contributed by atoms with Crippen molar-refractivity contribution in [2.75, 3.05) is 51.3 Å². The number of amides is 1. The number of likely N-dealkylation sites (N-methyl/N-ethyl adjacent to an activating group) is 1. The Bertz CT molecular complexity index is 2040. The number of thiophene rings is 1. The summed E-state index contributed by atoms with van der Waals surface area (Å²) in [6.07, 6.45) is -1.70. The summed E-state index contributed by atoms with van der Waals surface area (Å²) in [6, 6.07) is 7.71. The van der Waals surface area contributed by atoms with E-state index in [-0.39, 0.29) is 29.4 Å². The zero-order chi connectivity index (χ0) is 37.5. The zero-order valence-electron chi connectivity index (χ0n) is 30.7. The van der Waals surface area contributed by atoms with Gasteiger partial charge in [0.15, 0.2) is 0 Å². The normalized spacial score (nSPS) is 19.4. The molecule has 2 saturated heterocycles. The van der Waals surface area contributed by atoms with Crippen LogP contribution in [0.1, 0.15) is 54.2 Å². The first-order valence-corrected chi connectivity index (χ1v) is 20.6. The second-order valence-corrected chi connectivity index (χ2v) is 17.3. The Balaban J connectivity index is 1.10. The minimum atomic E-state index is -4.27. The molecular formula is C36H49F3N8O3S2. The average Bonchev–Trinajstić information content (AvgIpc) is 3.64. The predicted octanol–water partition coefficient (Wildman–Crippen LogP) is 5.09. The number of rotatable bonds is 11. The third-order valence-electron chi connectivity index (χ3n) is 10.6. The molecule has 2 fully saturated rings. The number of carbonyl (C=O) groups is 1. The summed E-state index contributed by atoms with van der Waals surface area (Å²) in [7, 11) is -1.98. The van der Waals surface area contributed by atoms with E-state index in [4.69, 9.17) is 0 Å². The molecule has 1 aromatic carbocycles. The number of aryl methyl sites for hydroxylation is 3. The van der Waals surface area contributed by atoms with Crippen molar-refractivity contribution in [3.8, 4) is 0 Å². The van der Waals surface area contributed by atoms with Gasteiger partial charge in [-0.2, -0.15) is 17.5 Å². The van der Waals surface area contributed by atoms with Crippen LogP contribution in [0.2, 0.25) is 0 Å². The average molecular weight is 763 g/mol. The number of hydrogen-bond acceptors (Lipinski definition) is 9. The predicted molar refractivity (Wildman–Crippen MR) is 200 cm³/mol. The van der Waals surface area contributed by atoms with Crippen molar-refractivity contribution in [2.24, 2.45) is 0 Å². The summed E-state index contributed by atoms with van der Waals surface area (Å²) in [5, 5.41) is 8.05. The molecule has 2 aliphatic rings. The van der Waals surface area contributed by atoms with E-state index in [1.165, 1.54) is 27.9 Å². The summed E-state index contributed by atoms with van der Waals surface area (Å²) in [5.74, 6) is 0.952. The van der Waals surface area contributed by atoms with Crippen LogP contribution in [0.25, 0.3) is 21.1 Å². The van der Waals surface area contributed by atoms with Crippen LogP contribution < -0.4 is 10.6 Å². The summed E-state index contributed by atoms with van der Waals surface area (Å²) in [5.41, 5.74) is 4.82. The van der Waals surface area contributed by atoms with Crippen molar-refractivity contribution in [2.45, 2.75) is 90.8 Å². The van der Waals surface area contributed by atoms with E-state index >= 15 is 0 Å². The van der Waals surface area contributed by atoms with Crippen LogP contribution >= 0.6 is 11.3 Å². The van der Waals surface area contributed by atoms with Gasteiger partial charge < -0.3 is 15.2 Å². The number of nitrogens with zero attached hydrogens (tertiary/aromatic N) is 6. The third-order valence-corrected chi connectivity index (χ3v) is 12.9. The second kappa shape index (κ2) is 15.2. The summed E-state index contributed by atoms with van der Waals surface area (Å²) in [6.45, 7) is 12.8. The molecule has 6 rings (SSSR count). The van der Waals surface area contributed by atoms with Crippen molar-refractivity contribution in [1.82, 2.24) is 34.0 Å². The molecule has 11 nitrogen and oxygen atoms in total. The smallest absolute Gasteiger partial charge is 0.367 e. The highest BCUT2D eigenvalue weighted by molar-refractivity contribution is 7.88. The minimum absolute atomic E-state index is 0.0757. The highest BCUT2D eigenvalue weighted by Crippen LogP contribution is 2.34. The van der Waals surface area contributed by atoms with Gasteiger partial charge in [-0.3, -0.25) is 14.6 Å². The minimum Gasteiger partial charge on any atom is -0.367 e. The van der Waals surface area contributed by atoms with Gasteiger partial charge in [0.25, 0.3) is 0 Å². The molecule has 0 aliphatic carbocycles. The van der Waals surface area contributed by atoms with Crippen LogP contribution in [0, 0.1) is 13.8 Å². The lowest BCUT2D eigenvalue weighted by Gasteiger charge is -2.41. The van der Waals surface area contributed by atoms with Crippen LogP contribution in [0.15, 0.2) is 24.3 Å². The lowest BCUT2D eigenvalue weighted by Crippen LogP contribution is -2.61. The van der Waals surface area contributed by atoms with Crippen LogP contribution in [0.4, 0.5) is 19.0 Å². The maximum Gasteiger partial charge on any atom is 0.393 e. The Morgan fingerprint density at radius 1 is 1.08 bits per heavy atom. The number of hydrogen-bond donors (Lipinski definition) is 2. The van der Waals surface area contributed by atoms with Gasteiger partial charge in [0, 0.05) is 92.8 Å². The monoisotopic (exact) mass is 762 g/mol. The molecule has 284 valence electrons. The summed E-state index contributed by atoms with van der Waals surface area (Å²) >= 11 is 1.09. The Kier molecular flexibility index (Phi) is 11.2. The number of piperidine rings is 1. The number of anilines is 1. The quantitative estimate of drug-likeness (QED) is 0.218. The van der Waals surface area contributed by atoms with E-state index in [2.05, 4.69) is 73.9 Å². The van der Waals surface area contributed by atoms with Crippen LogP contribution in [0.5, 0.6) is 0 Å². The number of carbonyl (C=O) groups excluding carboxylic acids is 1. The number of alkyl halides is 3. The van der Waals surface area contributed by atoms with E-state index in [1.54, 1.807) is 6.07 Å². The number of piperazine rings is 1. The fourth-order valence-electron chi connectivity index (χ4n) is 7.65. The molecule has 0 saturated carbocycles. The van der Waals surface area contributed by atoms with E-state index < -0.39 is 28.7 Å².